The number of rotatable bonds is 18. The van der Waals surface area contributed by atoms with Crippen LogP contribution in [0.25, 0.3) is 0 Å². The summed E-state index contributed by atoms with van der Waals surface area (Å²) in [5, 5.41) is 179. The van der Waals surface area contributed by atoms with E-state index in [2.05, 4.69) is 40.7 Å². The zero-order chi connectivity index (χ0) is 72.2. The van der Waals surface area contributed by atoms with E-state index in [1.807, 2.05) is 6.92 Å². The summed E-state index contributed by atoms with van der Waals surface area (Å²) in [7, 11) is 0. The SMILES string of the molecule is CC(O)CC(=O)OC(C)CC(=O)O[C@@H]1[C@H](O)[C@@H](O[C@@H]2O[C@@H](C)[C@H](O[C@@H]3OC[C@@H](O)[C@H](O[C@@H]4O[C@@H](C)[C@H](O)[C@@H](O)[C@H]4O)[C@H]3O)[C@@H](O)[C@H]2O)[C@H](OC(=O)[C@]23CCC(C)(C)C[C@H]2C2=CC[C@@H]4[C@@]5(C)C[C@H](O)[C@H](O[C@@H]6O[C@H](CO)[C@@H](O)[C@H](O)[C@H]6O)[C@@](C)(CO)[C@@H]5CC[C@@]4(C)[C@]2(C)C[C@H]3O)O[C@@H]1C. The second-order valence-electron chi connectivity index (χ2n) is 31.7. The molecule has 4 saturated carbocycles. The molecule has 0 aromatic rings. The van der Waals surface area contributed by atoms with Gasteiger partial charge in [-0.2, -0.15) is 0 Å². The molecule has 31 heteroatoms. The Balaban J connectivity index is 0.908. The van der Waals surface area contributed by atoms with E-state index in [1.54, 1.807) is 0 Å². The van der Waals surface area contributed by atoms with Crippen LogP contribution in [0, 0.1) is 50.2 Å². The predicted octanol–water partition coefficient (Wildman–Crippen LogP) is -2.93. The van der Waals surface area contributed by atoms with Gasteiger partial charge in [-0.15, -0.1) is 0 Å². The van der Waals surface area contributed by atoms with Crippen molar-refractivity contribution in [2.24, 2.45) is 50.2 Å². The smallest absolute Gasteiger partial charge is 0.317 e. The number of carbonyl (C=O) groups is 3. The molecule has 37 atom stereocenters. The van der Waals surface area contributed by atoms with Crippen molar-refractivity contribution in [2.75, 3.05) is 19.8 Å². The van der Waals surface area contributed by atoms with Crippen LogP contribution in [0.15, 0.2) is 11.6 Å². The molecule has 2 unspecified atom stereocenters. The molecule has 0 spiro atoms. The second kappa shape index (κ2) is 29.2. The first-order valence-corrected chi connectivity index (χ1v) is 34.6. The third-order valence-electron chi connectivity index (χ3n) is 24.6. The fourth-order valence-corrected chi connectivity index (χ4v) is 19.0. The predicted molar refractivity (Wildman–Crippen MR) is 330 cm³/mol. The van der Waals surface area contributed by atoms with Gasteiger partial charge in [0.2, 0.25) is 6.29 Å². The van der Waals surface area contributed by atoms with Gasteiger partial charge in [-0.25, -0.2) is 0 Å². The number of carbonyl (C=O) groups excluding carboxylic acids is 3. The molecule has 0 aromatic carbocycles. The van der Waals surface area contributed by atoms with Gasteiger partial charge in [0.25, 0.3) is 0 Å². The monoisotopic (exact) mass is 1410 g/mol. The van der Waals surface area contributed by atoms with E-state index in [-0.39, 0.29) is 37.5 Å². The third kappa shape index (κ3) is 13.8. The minimum Gasteiger partial charge on any atom is -0.462 e. The topological polar surface area (TPSA) is 486 Å². The first-order valence-electron chi connectivity index (χ1n) is 34.6. The zero-order valence-electron chi connectivity index (χ0n) is 57.5. The van der Waals surface area contributed by atoms with Crippen LogP contribution in [0.3, 0.4) is 0 Å². The summed E-state index contributed by atoms with van der Waals surface area (Å²) in [5.41, 5.74) is -4.46. The van der Waals surface area contributed by atoms with Crippen LogP contribution in [0.5, 0.6) is 0 Å². The van der Waals surface area contributed by atoms with Gasteiger partial charge < -0.3 is 139 Å². The summed E-state index contributed by atoms with van der Waals surface area (Å²) in [5.74, 6) is -3.89. The van der Waals surface area contributed by atoms with Crippen molar-refractivity contribution in [1.29, 1.82) is 0 Å². The van der Waals surface area contributed by atoms with E-state index in [0.29, 0.717) is 32.1 Å². The fraction of sp³-hybridized carbons (Fsp3) is 0.925. The van der Waals surface area contributed by atoms with Crippen LogP contribution in [0.4, 0.5) is 0 Å². The minimum atomic E-state index is -2.10. The minimum absolute atomic E-state index is 0.0569. The van der Waals surface area contributed by atoms with Gasteiger partial charge in [0.1, 0.15) is 97.0 Å². The molecule has 5 heterocycles. The third-order valence-corrected chi connectivity index (χ3v) is 24.6. The first-order chi connectivity index (χ1) is 45.7. The number of aliphatic hydroxyl groups is 16. The van der Waals surface area contributed by atoms with Crippen molar-refractivity contribution >= 4 is 17.9 Å². The van der Waals surface area contributed by atoms with E-state index in [4.69, 9.17) is 56.8 Å². The molecule has 5 saturated heterocycles. The summed E-state index contributed by atoms with van der Waals surface area (Å²) in [4.78, 5) is 42.0. The maximum absolute atomic E-state index is 15.9. The summed E-state index contributed by atoms with van der Waals surface area (Å²) >= 11 is 0. The van der Waals surface area contributed by atoms with E-state index in [1.165, 1.54) is 34.6 Å². The number of aliphatic hydroxyl groups excluding tert-OH is 16. The lowest BCUT2D eigenvalue weighted by Crippen LogP contribution is -2.70. The van der Waals surface area contributed by atoms with Crippen LogP contribution in [-0.4, -0.2) is 297 Å². The van der Waals surface area contributed by atoms with Gasteiger partial charge in [-0.1, -0.05) is 53.2 Å². The number of esters is 3. The summed E-state index contributed by atoms with van der Waals surface area (Å²) in [6.07, 6.45) is -42.1. The van der Waals surface area contributed by atoms with E-state index < -0.39 is 261 Å². The van der Waals surface area contributed by atoms with Crippen LogP contribution in [0.1, 0.15) is 140 Å². The van der Waals surface area contributed by atoms with Gasteiger partial charge in [0.05, 0.1) is 75.4 Å². The largest absolute Gasteiger partial charge is 0.462 e. The van der Waals surface area contributed by atoms with Crippen molar-refractivity contribution in [2.45, 2.75) is 318 Å². The van der Waals surface area contributed by atoms with E-state index >= 15 is 4.79 Å². The molecule has 0 aromatic heterocycles. The van der Waals surface area contributed by atoms with Crippen molar-refractivity contribution in [1.82, 2.24) is 0 Å². The number of ether oxygens (including phenoxy) is 12. The normalized spacial score (nSPS) is 51.6. The lowest BCUT2D eigenvalue weighted by molar-refractivity contribution is -0.380. The lowest BCUT2D eigenvalue weighted by Gasteiger charge is -2.72. The van der Waals surface area contributed by atoms with Crippen molar-refractivity contribution in [3.8, 4) is 0 Å². The molecular weight excluding hydrogens is 1300 g/mol. The highest BCUT2D eigenvalue weighted by Gasteiger charge is 2.73. The van der Waals surface area contributed by atoms with Crippen LogP contribution in [-0.2, 0) is 71.2 Å². The Kier molecular flexibility index (Phi) is 23.2. The van der Waals surface area contributed by atoms with E-state index in [9.17, 15) is 91.3 Å². The van der Waals surface area contributed by atoms with Gasteiger partial charge in [0.15, 0.2) is 37.4 Å². The fourth-order valence-electron chi connectivity index (χ4n) is 19.0. The molecule has 0 bridgehead atoms. The molecule has 10 rings (SSSR count). The number of fused-ring (bicyclic) bond motifs is 7. The standard InChI is InChI=1S/C67H108O31/c1-26(70)18-39(74)88-27(2)19-40(75)93-52-30(5)91-60(54(49(52)84)96-58-48(83)45(80)51(29(4)90-58)94-56-50(85)53(34(72)24-87-56)95-57-46(81)43(78)41(76)28(3)89-57)98-61(86)67-17-16-62(6,7)20-32(67)31-12-13-37-63(8)21-33(71)55(97-59-47(82)44(79)42(77)35(23-68)92-59)64(9,25-69)36(63)14-15-65(37,10)66(31,11)22-38(67)73/h12,26-30,32-38,41-60,68-73,76-85H,13-25H2,1-11H3/t26?,27?,28-,29-,30+,32-,33-,34+,35+,36+,37+,38+,41-,42+,43+,44-,45-,46+,47+,48+,49-,50+,51-,52-,53-,54+,55-,56-,57-,58-,59-,60-,63-,64-,65+,66+,67+/m0/s1. The molecule has 5 aliphatic heterocycles. The van der Waals surface area contributed by atoms with Crippen LogP contribution in [0.2, 0.25) is 0 Å². The van der Waals surface area contributed by atoms with Gasteiger partial charge in [0, 0.05) is 5.41 Å². The quantitative estimate of drug-likeness (QED) is 0.0283. The highest BCUT2D eigenvalue weighted by atomic mass is 16.8. The summed E-state index contributed by atoms with van der Waals surface area (Å²) in [6, 6.07) is 0. The van der Waals surface area contributed by atoms with Gasteiger partial charge in [-0.3, -0.25) is 14.4 Å². The van der Waals surface area contributed by atoms with Crippen molar-refractivity contribution in [3.63, 3.8) is 0 Å². The summed E-state index contributed by atoms with van der Waals surface area (Å²) < 4.78 is 71.4. The summed E-state index contributed by atoms with van der Waals surface area (Å²) in [6.45, 7) is 17.7. The average molecular weight is 1410 g/mol. The van der Waals surface area contributed by atoms with E-state index in [0.717, 1.165) is 5.57 Å². The highest BCUT2D eigenvalue weighted by molar-refractivity contribution is 5.80. The molecule has 5 aliphatic carbocycles. The Labute approximate surface area is 569 Å². The Hall–Kier alpha value is -2.85. The molecule has 9 fully saturated rings. The van der Waals surface area contributed by atoms with Gasteiger partial charge in [-0.05, 0) is 125 Å². The zero-order valence-corrected chi connectivity index (χ0v) is 57.5. The maximum Gasteiger partial charge on any atom is 0.317 e. The number of allylic oxidation sites excluding steroid dienone is 2. The second-order valence-corrected chi connectivity index (χ2v) is 31.7. The van der Waals surface area contributed by atoms with Crippen LogP contribution >= 0.6 is 0 Å². The van der Waals surface area contributed by atoms with Crippen LogP contribution < -0.4 is 0 Å². The van der Waals surface area contributed by atoms with Gasteiger partial charge >= 0.3 is 17.9 Å². The Bertz CT molecular complexity index is 2810. The molecule has 31 nitrogen and oxygen atoms in total. The molecule has 10 aliphatic rings. The molecule has 0 radical (unpaired) electrons. The maximum atomic E-state index is 15.9. The molecule has 98 heavy (non-hydrogen) atoms. The number of hydrogen-bond donors (Lipinski definition) is 16. The lowest BCUT2D eigenvalue weighted by atomic mass is 9.33. The highest BCUT2D eigenvalue weighted by Crippen LogP contribution is 2.76. The Morgan fingerprint density at radius 3 is 1.80 bits per heavy atom. The average Bonchev–Trinajstić information content (AvgIpc) is 0.670. The Morgan fingerprint density at radius 2 is 1.15 bits per heavy atom. The molecule has 16 N–H and O–H groups in total. The van der Waals surface area contributed by atoms with Crippen molar-refractivity contribution in [3.05, 3.63) is 11.6 Å². The number of hydrogen-bond acceptors (Lipinski definition) is 31. The van der Waals surface area contributed by atoms with Crippen molar-refractivity contribution < 1.29 is 153 Å². The first kappa shape index (κ1) is 77.8. The molecule has 562 valence electrons. The molecular formula is C67H108O31. The Morgan fingerprint density at radius 1 is 0.561 bits per heavy atom. The molecule has 0 amide bonds.